The molecule has 0 saturated carbocycles. The normalized spacial score (nSPS) is 14.3. The van der Waals surface area contributed by atoms with Gasteiger partial charge in [-0.2, -0.15) is 5.10 Å². The highest BCUT2D eigenvalue weighted by Gasteiger charge is 2.23. The molecule has 0 radical (unpaired) electrons. The van der Waals surface area contributed by atoms with Crippen LogP contribution in [-0.4, -0.2) is 35.6 Å². The molecule has 0 spiro atoms. The van der Waals surface area contributed by atoms with Crippen LogP contribution in [0.1, 0.15) is 37.1 Å². The standard InChI is InChI=1S/C19H25N5O3/c1-4-15(17-9-10-20-23(17)2)22-18(25)21-14-7-8-16-13(12-14)6-5-11-24(16)19(26)27-3/h7-10,12,15H,4-6,11H2,1-3H3,(H2,21,22,25). The van der Waals surface area contributed by atoms with Crippen molar-refractivity contribution in [2.45, 2.75) is 32.2 Å². The summed E-state index contributed by atoms with van der Waals surface area (Å²) in [6.45, 7) is 2.65. The number of amides is 3. The number of aromatic nitrogens is 2. The number of carbonyl (C=O) groups is 2. The number of hydrogen-bond donors (Lipinski definition) is 2. The lowest BCUT2D eigenvalue weighted by molar-refractivity contribution is 0.178. The van der Waals surface area contributed by atoms with Crippen molar-refractivity contribution in [2.75, 3.05) is 23.9 Å². The van der Waals surface area contributed by atoms with Crippen LogP contribution in [0.2, 0.25) is 0 Å². The molecular formula is C19H25N5O3. The molecule has 1 atom stereocenters. The van der Waals surface area contributed by atoms with Crippen molar-refractivity contribution in [3.63, 3.8) is 0 Å². The maximum atomic E-state index is 12.4. The second-order valence-corrected chi connectivity index (χ2v) is 6.51. The zero-order valence-corrected chi connectivity index (χ0v) is 15.9. The summed E-state index contributed by atoms with van der Waals surface area (Å²) in [6, 6.07) is 7.06. The van der Waals surface area contributed by atoms with Gasteiger partial charge in [-0.1, -0.05) is 6.92 Å². The minimum atomic E-state index is -0.364. The molecule has 8 heteroatoms. The Labute approximate surface area is 158 Å². The molecule has 8 nitrogen and oxygen atoms in total. The number of benzene rings is 1. The van der Waals surface area contributed by atoms with E-state index in [1.165, 1.54) is 7.11 Å². The Morgan fingerprint density at radius 3 is 2.81 bits per heavy atom. The van der Waals surface area contributed by atoms with Gasteiger partial charge in [0, 0.05) is 25.5 Å². The Morgan fingerprint density at radius 1 is 1.33 bits per heavy atom. The highest BCUT2D eigenvalue weighted by Crippen LogP contribution is 2.30. The summed E-state index contributed by atoms with van der Waals surface area (Å²) in [6.07, 6.45) is 3.82. The van der Waals surface area contributed by atoms with Crippen LogP contribution in [0.15, 0.2) is 30.5 Å². The van der Waals surface area contributed by atoms with E-state index in [1.807, 2.05) is 32.2 Å². The van der Waals surface area contributed by atoms with Gasteiger partial charge in [-0.05, 0) is 49.1 Å². The zero-order chi connectivity index (χ0) is 19.4. The molecule has 1 aliphatic rings. The molecule has 3 amide bonds. The minimum Gasteiger partial charge on any atom is -0.452 e. The largest absolute Gasteiger partial charge is 0.452 e. The van der Waals surface area contributed by atoms with E-state index in [0.29, 0.717) is 12.2 Å². The van der Waals surface area contributed by atoms with Gasteiger partial charge >= 0.3 is 12.1 Å². The van der Waals surface area contributed by atoms with Crippen molar-refractivity contribution < 1.29 is 14.3 Å². The molecule has 1 aromatic carbocycles. The predicted octanol–water partition coefficient (Wildman–Crippen LogP) is 3.21. The van der Waals surface area contributed by atoms with Gasteiger partial charge in [0.05, 0.1) is 24.5 Å². The average molecular weight is 371 g/mol. The molecule has 0 aliphatic carbocycles. The first-order valence-electron chi connectivity index (χ1n) is 9.07. The fourth-order valence-electron chi connectivity index (χ4n) is 3.41. The van der Waals surface area contributed by atoms with Crippen molar-refractivity contribution in [2.24, 2.45) is 7.05 Å². The maximum Gasteiger partial charge on any atom is 0.414 e. The fraction of sp³-hybridized carbons (Fsp3) is 0.421. The van der Waals surface area contributed by atoms with Crippen LogP contribution in [0.25, 0.3) is 0 Å². The number of anilines is 2. The number of fused-ring (bicyclic) bond motifs is 1. The van der Waals surface area contributed by atoms with E-state index in [-0.39, 0.29) is 18.2 Å². The highest BCUT2D eigenvalue weighted by molar-refractivity contribution is 5.92. The summed E-state index contributed by atoms with van der Waals surface area (Å²) in [5.41, 5.74) is 3.49. The molecule has 2 aromatic rings. The lowest BCUT2D eigenvalue weighted by Gasteiger charge is -2.28. The Kier molecular flexibility index (Phi) is 5.63. The summed E-state index contributed by atoms with van der Waals surface area (Å²) < 4.78 is 6.60. The van der Waals surface area contributed by atoms with Crippen LogP contribution in [-0.2, 0) is 18.2 Å². The number of hydrogen-bond acceptors (Lipinski definition) is 4. The maximum absolute atomic E-state index is 12.4. The molecule has 2 heterocycles. The second-order valence-electron chi connectivity index (χ2n) is 6.51. The van der Waals surface area contributed by atoms with Gasteiger partial charge in [-0.25, -0.2) is 9.59 Å². The van der Waals surface area contributed by atoms with Crippen molar-refractivity contribution in [1.29, 1.82) is 0 Å². The third kappa shape index (κ3) is 4.05. The summed E-state index contributed by atoms with van der Waals surface area (Å²) in [5, 5.41) is 10.0. The van der Waals surface area contributed by atoms with E-state index in [9.17, 15) is 9.59 Å². The Hall–Kier alpha value is -3.03. The Bertz CT molecular complexity index is 833. The molecule has 144 valence electrons. The first-order valence-corrected chi connectivity index (χ1v) is 9.07. The second kappa shape index (κ2) is 8.11. The van der Waals surface area contributed by atoms with Gasteiger partial charge in [0.2, 0.25) is 0 Å². The molecular weight excluding hydrogens is 346 g/mol. The van der Waals surface area contributed by atoms with Crippen LogP contribution in [0, 0.1) is 0 Å². The number of nitrogens with zero attached hydrogens (tertiary/aromatic N) is 3. The van der Waals surface area contributed by atoms with E-state index < -0.39 is 0 Å². The first kappa shape index (κ1) is 18.8. The van der Waals surface area contributed by atoms with E-state index in [2.05, 4.69) is 15.7 Å². The van der Waals surface area contributed by atoms with Gasteiger partial charge in [-0.15, -0.1) is 0 Å². The quantitative estimate of drug-likeness (QED) is 0.864. The van der Waals surface area contributed by atoms with E-state index >= 15 is 0 Å². The topological polar surface area (TPSA) is 88.5 Å². The molecule has 27 heavy (non-hydrogen) atoms. The van der Waals surface area contributed by atoms with Crippen molar-refractivity contribution in [1.82, 2.24) is 15.1 Å². The SMILES string of the molecule is CCC(NC(=O)Nc1ccc2c(c1)CCCN2C(=O)OC)c1ccnn1C. The Morgan fingerprint density at radius 2 is 2.15 bits per heavy atom. The summed E-state index contributed by atoms with van der Waals surface area (Å²) in [5.74, 6) is 0. The number of carbonyl (C=O) groups excluding carboxylic acids is 2. The number of aryl methyl sites for hydroxylation is 2. The van der Waals surface area contributed by atoms with E-state index in [0.717, 1.165) is 36.2 Å². The molecule has 0 bridgehead atoms. The monoisotopic (exact) mass is 371 g/mol. The summed E-state index contributed by atoms with van der Waals surface area (Å²) in [4.78, 5) is 26.0. The number of ether oxygens (including phenoxy) is 1. The number of nitrogens with one attached hydrogen (secondary N) is 2. The number of methoxy groups -OCH3 is 1. The first-order chi connectivity index (χ1) is 13.0. The van der Waals surface area contributed by atoms with Gasteiger partial charge in [0.1, 0.15) is 0 Å². The number of rotatable bonds is 4. The van der Waals surface area contributed by atoms with Gasteiger partial charge in [-0.3, -0.25) is 9.58 Å². The minimum absolute atomic E-state index is 0.120. The molecule has 1 aromatic heterocycles. The molecule has 0 saturated heterocycles. The molecule has 3 rings (SSSR count). The van der Waals surface area contributed by atoms with Crippen LogP contribution in [0.5, 0.6) is 0 Å². The van der Waals surface area contributed by atoms with Crippen LogP contribution < -0.4 is 15.5 Å². The molecule has 0 fully saturated rings. The smallest absolute Gasteiger partial charge is 0.414 e. The molecule has 1 unspecified atom stereocenters. The summed E-state index contributed by atoms with van der Waals surface area (Å²) in [7, 11) is 3.23. The van der Waals surface area contributed by atoms with Gasteiger partial charge < -0.3 is 15.4 Å². The molecule has 2 N–H and O–H groups in total. The van der Waals surface area contributed by atoms with E-state index in [4.69, 9.17) is 4.74 Å². The lowest BCUT2D eigenvalue weighted by atomic mass is 10.0. The van der Waals surface area contributed by atoms with Crippen molar-refractivity contribution >= 4 is 23.5 Å². The van der Waals surface area contributed by atoms with Crippen molar-refractivity contribution in [3.05, 3.63) is 41.7 Å². The van der Waals surface area contributed by atoms with Crippen molar-refractivity contribution in [3.8, 4) is 0 Å². The van der Waals surface area contributed by atoms with Crippen LogP contribution >= 0.6 is 0 Å². The molecule has 1 aliphatic heterocycles. The third-order valence-electron chi connectivity index (χ3n) is 4.78. The van der Waals surface area contributed by atoms with Crippen LogP contribution in [0.4, 0.5) is 21.0 Å². The lowest BCUT2D eigenvalue weighted by Crippen LogP contribution is -2.35. The zero-order valence-electron chi connectivity index (χ0n) is 15.9. The summed E-state index contributed by atoms with van der Waals surface area (Å²) >= 11 is 0. The highest BCUT2D eigenvalue weighted by atomic mass is 16.5. The van der Waals surface area contributed by atoms with Gasteiger partial charge in [0.15, 0.2) is 0 Å². The number of urea groups is 1. The van der Waals surface area contributed by atoms with E-state index in [1.54, 1.807) is 21.8 Å². The fourth-order valence-corrected chi connectivity index (χ4v) is 3.41. The average Bonchev–Trinajstić information content (AvgIpc) is 3.10. The third-order valence-corrected chi connectivity index (χ3v) is 4.78. The Balaban J connectivity index is 1.70. The van der Waals surface area contributed by atoms with Crippen LogP contribution in [0.3, 0.4) is 0 Å². The predicted molar refractivity (Wildman–Crippen MR) is 103 cm³/mol. The van der Waals surface area contributed by atoms with Gasteiger partial charge in [0.25, 0.3) is 0 Å².